The van der Waals surface area contributed by atoms with Gasteiger partial charge in [0.05, 0.1) is 13.2 Å². The van der Waals surface area contributed by atoms with Crippen LogP contribution >= 0.6 is 0 Å². The van der Waals surface area contributed by atoms with Gasteiger partial charge in [0.25, 0.3) is 0 Å². The van der Waals surface area contributed by atoms with Crippen molar-refractivity contribution in [3.63, 3.8) is 0 Å². The van der Waals surface area contributed by atoms with Gasteiger partial charge in [-0.15, -0.1) is 10.2 Å². The molecule has 122 valence electrons. The van der Waals surface area contributed by atoms with Crippen LogP contribution in [0.5, 0.6) is 0 Å². The predicted octanol–water partition coefficient (Wildman–Crippen LogP) is 1.70. The number of carbonyl (C=O) groups excluding carboxylic acids is 1. The predicted molar refractivity (Wildman–Crippen MR) is 82.8 cm³/mol. The lowest BCUT2D eigenvalue weighted by molar-refractivity contribution is 0.0522. The molecule has 1 aromatic heterocycles. The molecule has 23 heavy (non-hydrogen) atoms. The minimum atomic E-state index is -0.353. The highest BCUT2D eigenvalue weighted by Gasteiger charge is 2.24. The molecule has 2 heterocycles. The fraction of sp³-hybridized carbons (Fsp3) is 0.438. The van der Waals surface area contributed by atoms with Crippen LogP contribution in [-0.2, 0) is 11.2 Å². The van der Waals surface area contributed by atoms with Gasteiger partial charge in [0.15, 0.2) is 0 Å². The van der Waals surface area contributed by atoms with E-state index >= 15 is 0 Å². The molecule has 1 saturated heterocycles. The number of morpholine rings is 1. The van der Waals surface area contributed by atoms with Crippen molar-refractivity contribution in [2.24, 2.45) is 0 Å². The molecular formula is C16H20N4O3. The number of carbonyl (C=O) groups is 1. The molecular weight excluding hydrogens is 296 g/mol. The summed E-state index contributed by atoms with van der Waals surface area (Å²) in [4.78, 5) is 14.2. The fourth-order valence-corrected chi connectivity index (χ4v) is 2.51. The number of nitrogens with zero attached hydrogens (tertiary/aromatic N) is 3. The Kier molecular flexibility index (Phi) is 4.87. The van der Waals surface area contributed by atoms with E-state index in [1.165, 1.54) is 0 Å². The van der Waals surface area contributed by atoms with Gasteiger partial charge in [-0.1, -0.05) is 30.3 Å². The topological polar surface area (TPSA) is 80.5 Å². The normalized spacial score (nSPS) is 16.1. The Balaban J connectivity index is 1.73. The Bertz CT molecular complexity index is 638. The van der Waals surface area contributed by atoms with Crippen LogP contribution in [0.25, 0.3) is 0 Å². The minimum Gasteiger partial charge on any atom is -0.423 e. The third-order valence-corrected chi connectivity index (χ3v) is 3.72. The summed E-state index contributed by atoms with van der Waals surface area (Å²) in [6.07, 6.45) is 0.596. The van der Waals surface area contributed by atoms with E-state index in [2.05, 4.69) is 15.5 Å². The van der Waals surface area contributed by atoms with Gasteiger partial charge in [-0.3, -0.25) is 0 Å². The zero-order valence-electron chi connectivity index (χ0n) is 13.1. The number of hydrogen-bond acceptors (Lipinski definition) is 5. The Hall–Kier alpha value is -2.41. The monoisotopic (exact) mass is 316 g/mol. The smallest absolute Gasteiger partial charge is 0.318 e. The van der Waals surface area contributed by atoms with Crippen LogP contribution in [0.1, 0.15) is 23.4 Å². The molecule has 0 radical (unpaired) electrons. The second-order valence-corrected chi connectivity index (χ2v) is 5.45. The van der Waals surface area contributed by atoms with Crippen molar-refractivity contribution in [3.05, 3.63) is 47.7 Å². The number of aromatic nitrogens is 2. The molecule has 1 aromatic carbocycles. The first kappa shape index (κ1) is 15.5. The van der Waals surface area contributed by atoms with Crippen molar-refractivity contribution in [2.75, 3.05) is 26.3 Å². The van der Waals surface area contributed by atoms with Gasteiger partial charge in [0.1, 0.15) is 6.04 Å². The van der Waals surface area contributed by atoms with Crippen molar-refractivity contribution < 1.29 is 13.9 Å². The highest BCUT2D eigenvalue weighted by molar-refractivity contribution is 5.74. The lowest BCUT2D eigenvalue weighted by Crippen LogP contribution is -2.47. The van der Waals surface area contributed by atoms with Gasteiger partial charge in [-0.25, -0.2) is 4.79 Å². The molecule has 1 aliphatic heterocycles. The first-order valence-corrected chi connectivity index (χ1v) is 7.69. The number of benzene rings is 1. The summed E-state index contributed by atoms with van der Waals surface area (Å²) in [6, 6.07) is 9.43. The number of nitrogens with one attached hydrogen (secondary N) is 1. The first-order chi connectivity index (χ1) is 11.2. The number of hydrogen-bond donors (Lipinski definition) is 1. The average molecular weight is 316 g/mol. The van der Waals surface area contributed by atoms with Crippen molar-refractivity contribution in [1.29, 1.82) is 0 Å². The van der Waals surface area contributed by atoms with E-state index < -0.39 is 0 Å². The van der Waals surface area contributed by atoms with Crippen LogP contribution in [0.3, 0.4) is 0 Å². The van der Waals surface area contributed by atoms with Crippen molar-refractivity contribution >= 4 is 6.03 Å². The zero-order chi connectivity index (χ0) is 16.1. The highest BCUT2D eigenvalue weighted by atomic mass is 16.5. The Labute approximate surface area is 134 Å². The molecule has 3 rings (SSSR count). The van der Waals surface area contributed by atoms with Crippen molar-refractivity contribution in [3.8, 4) is 0 Å². The fourth-order valence-electron chi connectivity index (χ4n) is 2.51. The Morgan fingerprint density at radius 3 is 2.65 bits per heavy atom. The Morgan fingerprint density at radius 1 is 1.26 bits per heavy atom. The molecule has 1 unspecified atom stereocenters. The Morgan fingerprint density at radius 2 is 2.00 bits per heavy atom. The van der Waals surface area contributed by atoms with Gasteiger partial charge in [0.2, 0.25) is 11.8 Å². The average Bonchev–Trinajstić information content (AvgIpc) is 3.02. The van der Waals surface area contributed by atoms with E-state index in [4.69, 9.17) is 9.15 Å². The van der Waals surface area contributed by atoms with Crippen LogP contribution in [-0.4, -0.2) is 47.4 Å². The maximum absolute atomic E-state index is 12.4. The molecule has 0 saturated carbocycles. The van der Waals surface area contributed by atoms with Gasteiger partial charge >= 0.3 is 6.03 Å². The summed E-state index contributed by atoms with van der Waals surface area (Å²) in [6.45, 7) is 4.05. The second-order valence-electron chi connectivity index (χ2n) is 5.45. The quantitative estimate of drug-likeness (QED) is 0.928. The summed E-state index contributed by atoms with van der Waals surface area (Å²) >= 11 is 0. The molecule has 7 nitrogen and oxygen atoms in total. The third kappa shape index (κ3) is 4.07. The van der Waals surface area contributed by atoms with Crippen molar-refractivity contribution in [2.45, 2.75) is 19.4 Å². The van der Waals surface area contributed by atoms with Gasteiger partial charge < -0.3 is 19.4 Å². The first-order valence-electron chi connectivity index (χ1n) is 7.69. The molecule has 1 aliphatic rings. The van der Waals surface area contributed by atoms with E-state index in [0.717, 1.165) is 5.56 Å². The maximum Gasteiger partial charge on any atom is 0.318 e. The minimum absolute atomic E-state index is 0.134. The van der Waals surface area contributed by atoms with E-state index in [1.807, 2.05) is 30.3 Å². The van der Waals surface area contributed by atoms with Crippen LogP contribution < -0.4 is 5.32 Å². The molecule has 0 aliphatic carbocycles. The van der Waals surface area contributed by atoms with Crippen molar-refractivity contribution in [1.82, 2.24) is 20.4 Å². The maximum atomic E-state index is 12.4. The molecule has 1 N–H and O–H groups in total. The van der Waals surface area contributed by atoms with Crippen LogP contribution in [0, 0.1) is 6.92 Å². The summed E-state index contributed by atoms with van der Waals surface area (Å²) in [7, 11) is 0. The van der Waals surface area contributed by atoms with Crippen LogP contribution in [0.2, 0.25) is 0 Å². The third-order valence-electron chi connectivity index (χ3n) is 3.72. The van der Waals surface area contributed by atoms with Gasteiger partial charge in [0, 0.05) is 26.4 Å². The standard InChI is InChI=1S/C16H20N4O3/c1-12-18-19-15(23-12)14(11-13-5-3-2-4-6-13)17-16(21)20-7-9-22-10-8-20/h2-6,14H,7-11H2,1H3,(H,17,21). The van der Waals surface area contributed by atoms with Gasteiger partial charge in [-0.2, -0.15) is 0 Å². The number of amides is 2. The zero-order valence-corrected chi connectivity index (χ0v) is 13.1. The second kappa shape index (κ2) is 7.23. The summed E-state index contributed by atoms with van der Waals surface area (Å²) in [5, 5.41) is 10.9. The molecule has 1 atom stereocenters. The highest BCUT2D eigenvalue weighted by Crippen LogP contribution is 2.18. The van der Waals surface area contributed by atoms with Gasteiger partial charge in [-0.05, 0) is 5.56 Å². The van der Waals surface area contributed by atoms with Crippen LogP contribution in [0.15, 0.2) is 34.7 Å². The molecule has 2 aromatic rings. The molecule has 2 amide bonds. The summed E-state index contributed by atoms with van der Waals surface area (Å²) in [5.41, 5.74) is 1.09. The molecule has 7 heteroatoms. The summed E-state index contributed by atoms with van der Waals surface area (Å²) < 4.78 is 10.8. The summed E-state index contributed by atoms with van der Waals surface area (Å²) in [5.74, 6) is 0.909. The number of ether oxygens (including phenoxy) is 1. The number of aryl methyl sites for hydroxylation is 1. The lowest BCUT2D eigenvalue weighted by Gasteiger charge is -2.28. The molecule has 0 bridgehead atoms. The van der Waals surface area contributed by atoms with E-state index in [1.54, 1.807) is 11.8 Å². The molecule has 0 spiro atoms. The van der Waals surface area contributed by atoms with Crippen LogP contribution in [0.4, 0.5) is 4.79 Å². The van der Waals surface area contributed by atoms with E-state index in [-0.39, 0.29) is 12.1 Å². The van der Waals surface area contributed by atoms with E-state index in [9.17, 15) is 4.79 Å². The largest absolute Gasteiger partial charge is 0.423 e. The number of rotatable bonds is 4. The lowest BCUT2D eigenvalue weighted by atomic mass is 10.1. The molecule has 1 fully saturated rings. The SMILES string of the molecule is Cc1nnc(C(Cc2ccccc2)NC(=O)N2CCOCC2)o1. The van der Waals surface area contributed by atoms with E-state index in [0.29, 0.717) is 44.5 Å². The number of urea groups is 1.